The second kappa shape index (κ2) is 13.7. The van der Waals surface area contributed by atoms with Crippen molar-refractivity contribution in [3.63, 3.8) is 0 Å². The first kappa shape index (κ1) is 30.8. The van der Waals surface area contributed by atoms with Crippen molar-refractivity contribution in [2.45, 2.75) is 58.2 Å². The standard InChI is InChI=1S/C33H46N8O2/c1-24-9-6-11-30(25(24)2)39-18-14-28-29(22-39)35-33(43-23-27-10-7-17-38(27)5)36-32(28)40-19-20-41(26(21-40)13-15-34)31(42)12-8-16-37(3)4/h6,8-9,11-12,26-27H,7,10,13-14,16-23H2,1-5H3/b12-8+/t26-,27-/m0/s1. The van der Waals surface area contributed by atoms with E-state index < -0.39 is 0 Å². The van der Waals surface area contributed by atoms with Crippen molar-refractivity contribution in [1.29, 1.82) is 5.26 Å². The van der Waals surface area contributed by atoms with E-state index in [0.717, 1.165) is 43.0 Å². The maximum absolute atomic E-state index is 13.1. The second-order valence-corrected chi connectivity index (χ2v) is 12.4. The smallest absolute Gasteiger partial charge is 0.318 e. The fourth-order valence-electron chi connectivity index (χ4n) is 6.44. The molecule has 43 heavy (non-hydrogen) atoms. The fourth-order valence-corrected chi connectivity index (χ4v) is 6.44. The summed E-state index contributed by atoms with van der Waals surface area (Å²) in [5.74, 6) is 0.846. The van der Waals surface area contributed by atoms with Crippen LogP contribution in [0.5, 0.6) is 6.01 Å². The number of carbonyl (C=O) groups excluding carboxylic acids is 1. The number of likely N-dealkylation sites (N-methyl/N-ethyl adjacent to an activating group) is 2. The Morgan fingerprint density at radius 2 is 1.98 bits per heavy atom. The molecule has 0 spiro atoms. The third-order valence-electron chi connectivity index (χ3n) is 9.14. The maximum atomic E-state index is 13.1. The summed E-state index contributed by atoms with van der Waals surface area (Å²) in [6.07, 6.45) is 6.91. The molecule has 5 rings (SSSR count). The van der Waals surface area contributed by atoms with Crippen LogP contribution in [0.2, 0.25) is 0 Å². The Labute approximate surface area is 256 Å². The molecule has 2 atom stereocenters. The quantitative estimate of drug-likeness (QED) is 0.411. The van der Waals surface area contributed by atoms with Gasteiger partial charge in [-0.25, -0.2) is 0 Å². The Kier molecular flexibility index (Phi) is 9.83. The summed E-state index contributed by atoms with van der Waals surface area (Å²) in [5.41, 5.74) is 5.95. The van der Waals surface area contributed by atoms with E-state index in [2.05, 4.69) is 59.9 Å². The molecule has 0 N–H and O–H groups in total. The lowest BCUT2D eigenvalue weighted by atomic mass is 10.0. The number of fused-ring (bicyclic) bond motifs is 1. The number of hydrogen-bond acceptors (Lipinski definition) is 9. The zero-order chi connectivity index (χ0) is 30.5. The predicted octanol–water partition coefficient (Wildman–Crippen LogP) is 3.18. The largest absolute Gasteiger partial charge is 0.462 e. The Hall–Kier alpha value is -3.68. The SMILES string of the molecule is Cc1cccc(N2CCc3c(nc(OC[C@@H]4CCCN4C)nc3N3CCN(C(=O)/C=C/CN(C)C)[C@@H](CC#N)C3)C2)c1C. The first-order chi connectivity index (χ1) is 20.7. The molecular weight excluding hydrogens is 540 g/mol. The average molecular weight is 587 g/mol. The molecule has 230 valence electrons. The van der Waals surface area contributed by atoms with Gasteiger partial charge in [-0.2, -0.15) is 15.2 Å². The molecule has 3 aliphatic rings. The lowest BCUT2D eigenvalue weighted by Crippen LogP contribution is -2.55. The summed E-state index contributed by atoms with van der Waals surface area (Å²) in [6, 6.07) is 9.35. The number of piperazine rings is 1. The Morgan fingerprint density at radius 3 is 2.72 bits per heavy atom. The fraction of sp³-hybridized carbons (Fsp3) is 0.576. The molecule has 2 aromatic rings. The van der Waals surface area contributed by atoms with E-state index in [0.29, 0.717) is 51.4 Å². The summed E-state index contributed by atoms with van der Waals surface area (Å²) in [7, 11) is 6.09. The van der Waals surface area contributed by atoms with Gasteiger partial charge in [-0.15, -0.1) is 0 Å². The molecule has 3 aliphatic heterocycles. The second-order valence-electron chi connectivity index (χ2n) is 12.4. The number of anilines is 2. The molecule has 1 amide bonds. The minimum atomic E-state index is -0.215. The zero-order valence-corrected chi connectivity index (χ0v) is 26.4. The summed E-state index contributed by atoms with van der Waals surface area (Å²) in [5, 5.41) is 9.65. The number of ether oxygens (including phenoxy) is 1. The third-order valence-corrected chi connectivity index (χ3v) is 9.14. The van der Waals surface area contributed by atoms with E-state index >= 15 is 0 Å². The van der Waals surface area contributed by atoms with Gasteiger partial charge in [0.15, 0.2) is 0 Å². The van der Waals surface area contributed by atoms with E-state index in [1.54, 1.807) is 6.08 Å². The van der Waals surface area contributed by atoms with Crippen LogP contribution in [0.4, 0.5) is 11.5 Å². The average Bonchev–Trinajstić information content (AvgIpc) is 3.41. The van der Waals surface area contributed by atoms with Crippen molar-refractivity contribution in [2.24, 2.45) is 0 Å². The molecule has 1 aromatic carbocycles. The van der Waals surface area contributed by atoms with Crippen LogP contribution in [0.15, 0.2) is 30.4 Å². The van der Waals surface area contributed by atoms with Crippen molar-refractivity contribution in [3.05, 3.63) is 52.7 Å². The number of amides is 1. The van der Waals surface area contributed by atoms with Crippen molar-refractivity contribution in [2.75, 3.05) is 76.8 Å². The molecule has 0 radical (unpaired) electrons. The molecule has 0 aliphatic carbocycles. The molecule has 0 bridgehead atoms. The summed E-state index contributed by atoms with van der Waals surface area (Å²) < 4.78 is 6.30. The highest BCUT2D eigenvalue weighted by Crippen LogP contribution is 2.34. The Bertz CT molecular complexity index is 1370. The normalized spacial score (nSPS) is 21.0. The number of rotatable bonds is 9. The van der Waals surface area contributed by atoms with Gasteiger partial charge >= 0.3 is 6.01 Å². The highest BCUT2D eigenvalue weighted by molar-refractivity contribution is 5.88. The van der Waals surface area contributed by atoms with Crippen LogP contribution < -0.4 is 14.5 Å². The Balaban J connectivity index is 1.42. The molecule has 10 nitrogen and oxygen atoms in total. The minimum Gasteiger partial charge on any atom is -0.462 e. The van der Waals surface area contributed by atoms with Crippen LogP contribution in [0.25, 0.3) is 0 Å². The number of hydrogen-bond donors (Lipinski definition) is 0. The summed E-state index contributed by atoms with van der Waals surface area (Å²) in [4.78, 5) is 33.9. The van der Waals surface area contributed by atoms with Gasteiger partial charge in [0.25, 0.3) is 0 Å². The van der Waals surface area contributed by atoms with Gasteiger partial charge < -0.3 is 29.2 Å². The van der Waals surface area contributed by atoms with E-state index in [1.165, 1.54) is 23.2 Å². The summed E-state index contributed by atoms with van der Waals surface area (Å²) in [6.45, 7) is 9.97. The van der Waals surface area contributed by atoms with Gasteiger partial charge in [0.1, 0.15) is 12.4 Å². The maximum Gasteiger partial charge on any atom is 0.318 e. The Morgan fingerprint density at radius 1 is 1.14 bits per heavy atom. The van der Waals surface area contributed by atoms with Crippen LogP contribution in [0, 0.1) is 25.2 Å². The number of nitrogens with zero attached hydrogens (tertiary/aromatic N) is 8. The topological polar surface area (TPSA) is 92.1 Å². The van der Waals surface area contributed by atoms with E-state index in [4.69, 9.17) is 14.7 Å². The first-order valence-corrected chi connectivity index (χ1v) is 15.5. The third kappa shape index (κ3) is 7.11. The summed E-state index contributed by atoms with van der Waals surface area (Å²) >= 11 is 0. The van der Waals surface area contributed by atoms with Crippen molar-refractivity contribution in [3.8, 4) is 12.1 Å². The van der Waals surface area contributed by atoms with E-state index in [-0.39, 0.29) is 18.4 Å². The van der Waals surface area contributed by atoms with Gasteiger partial charge in [-0.1, -0.05) is 18.2 Å². The number of aromatic nitrogens is 2. The molecule has 0 unspecified atom stereocenters. The highest BCUT2D eigenvalue weighted by Gasteiger charge is 2.34. The van der Waals surface area contributed by atoms with Crippen LogP contribution in [-0.4, -0.2) is 110 Å². The van der Waals surface area contributed by atoms with Gasteiger partial charge in [-0.3, -0.25) is 4.79 Å². The van der Waals surface area contributed by atoms with Gasteiger partial charge in [-0.05, 0) is 78.0 Å². The zero-order valence-electron chi connectivity index (χ0n) is 26.4. The van der Waals surface area contributed by atoms with Crippen LogP contribution in [-0.2, 0) is 17.8 Å². The number of likely N-dealkylation sites (tertiary alicyclic amines) is 1. The lowest BCUT2D eigenvalue weighted by Gasteiger charge is -2.42. The number of nitriles is 1. The number of benzene rings is 1. The van der Waals surface area contributed by atoms with Crippen molar-refractivity contribution in [1.82, 2.24) is 24.7 Å². The van der Waals surface area contributed by atoms with Crippen molar-refractivity contribution >= 4 is 17.4 Å². The number of aryl methyl sites for hydroxylation is 1. The van der Waals surface area contributed by atoms with Gasteiger partial charge in [0, 0.05) is 56.1 Å². The predicted molar refractivity (Wildman–Crippen MR) is 169 cm³/mol. The first-order valence-electron chi connectivity index (χ1n) is 15.5. The van der Waals surface area contributed by atoms with Crippen LogP contribution in [0.1, 0.15) is 41.6 Å². The molecule has 10 heteroatoms. The molecule has 2 saturated heterocycles. The molecular formula is C33H46N8O2. The lowest BCUT2D eigenvalue weighted by molar-refractivity contribution is -0.128. The monoisotopic (exact) mass is 586 g/mol. The van der Waals surface area contributed by atoms with Gasteiger partial charge in [0.05, 0.1) is 30.8 Å². The minimum absolute atomic E-state index is 0.0414. The molecule has 2 fully saturated rings. The van der Waals surface area contributed by atoms with Gasteiger partial charge in [0.2, 0.25) is 5.91 Å². The van der Waals surface area contributed by atoms with E-state index in [9.17, 15) is 10.1 Å². The van der Waals surface area contributed by atoms with Crippen molar-refractivity contribution < 1.29 is 9.53 Å². The molecule has 1 aromatic heterocycles. The molecule has 4 heterocycles. The molecule has 0 saturated carbocycles. The highest BCUT2D eigenvalue weighted by atomic mass is 16.5. The number of carbonyl (C=O) groups is 1. The van der Waals surface area contributed by atoms with Crippen LogP contribution in [0.3, 0.4) is 0 Å². The van der Waals surface area contributed by atoms with Crippen LogP contribution >= 0.6 is 0 Å². The van der Waals surface area contributed by atoms with E-state index in [1.807, 2.05) is 30.0 Å².